The Labute approximate surface area is 102 Å². The van der Waals surface area contributed by atoms with Crippen LogP contribution < -0.4 is 5.73 Å². The Morgan fingerprint density at radius 3 is 2.00 bits per heavy atom. The molecule has 2 N–H and O–H groups in total. The van der Waals surface area contributed by atoms with E-state index in [0.29, 0.717) is 0 Å². The van der Waals surface area contributed by atoms with Crippen molar-refractivity contribution < 1.29 is 0 Å². The summed E-state index contributed by atoms with van der Waals surface area (Å²) in [7, 11) is 0. The first-order chi connectivity index (χ1) is 8.15. The van der Waals surface area contributed by atoms with E-state index in [1.807, 2.05) is 62.4 Å². The van der Waals surface area contributed by atoms with Gasteiger partial charge in [-0.1, -0.05) is 30.3 Å². The van der Waals surface area contributed by atoms with Crippen LogP contribution in [-0.2, 0) is 0 Å². The van der Waals surface area contributed by atoms with E-state index in [-0.39, 0.29) is 0 Å². The maximum atomic E-state index is 8.59. The first-order valence-corrected chi connectivity index (χ1v) is 5.42. The molecular formula is C15H16N2. The molecule has 0 fully saturated rings. The van der Waals surface area contributed by atoms with Crippen molar-refractivity contribution in [3.05, 3.63) is 65.2 Å². The first-order valence-electron chi connectivity index (χ1n) is 5.42. The number of nitrogens with zero attached hydrogens (tertiary/aromatic N) is 1. The van der Waals surface area contributed by atoms with Gasteiger partial charge in [0.25, 0.3) is 0 Å². The Morgan fingerprint density at radius 2 is 1.59 bits per heavy atom. The zero-order chi connectivity index (χ0) is 12.7. The highest BCUT2D eigenvalue weighted by Gasteiger charge is 1.96. The van der Waals surface area contributed by atoms with Crippen molar-refractivity contribution >= 4 is 5.69 Å². The van der Waals surface area contributed by atoms with Crippen LogP contribution in [0, 0.1) is 25.2 Å². The lowest BCUT2D eigenvalue weighted by atomic mass is 10.1. The minimum atomic E-state index is 0.778. The number of nitriles is 1. The standard InChI is InChI=1S/C9H9N.C6H7N/c1-7-4-3-5-9(6-10)8(7)2;7-6-4-2-1-3-5-6/h3-5H,1-2H3;1-5H,7H2. The van der Waals surface area contributed by atoms with Gasteiger partial charge in [-0.15, -0.1) is 0 Å². The average molecular weight is 224 g/mol. The molecule has 0 aromatic heterocycles. The first kappa shape index (κ1) is 12.8. The molecule has 86 valence electrons. The van der Waals surface area contributed by atoms with Crippen molar-refractivity contribution in [1.82, 2.24) is 0 Å². The minimum Gasteiger partial charge on any atom is -0.399 e. The minimum absolute atomic E-state index is 0.778. The second-order valence-electron chi connectivity index (χ2n) is 3.77. The lowest BCUT2D eigenvalue weighted by Crippen LogP contribution is -1.84. The predicted molar refractivity (Wildman–Crippen MR) is 71.5 cm³/mol. The summed E-state index contributed by atoms with van der Waals surface area (Å²) in [4.78, 5) is 0. The lowest BCUT2D eigenvalue weighted by Gasteiger charge is -1.98. The van der Waals surface area contributed by atoms with Crippen LogP contribution in [0.4, 0.5) is 5.69 Å². The van der Waals surface area contributed by atoms with Gasteiger partial charge >= 0.3 is 0 Å². The van der Waals surface area contributed by atoms with Gasteiger partial charge in [-0.3, -0.25) is 0 Å². The molecule has 0 heterocycles. The van der Waals surface area contributed by atoms with E-state index in [1.54, 1.807) is 0 Å². The van der Waals surface area contributed by atoms with Crippen molar-refractivity contribution in [2.45, 2.75) is 13.8 Å². The fourth-order valence-electron chi connectivity index (χ4n) is 1.33. The number of para-hydroxylation sites is 1. The molecule has 0 radical (unpaired) electrons. The summed E-state index contributed by atoms with van der Waals surface area (Å²) in [6.45, 7) is 3.98. The van der Waals surface area contributed by atoms with Crippen LogP contribution in [-0.4, -0.2) is 0 Å². The zero-order valence-corrected chi connectivity index (χ0v) is 10.1. The fourth-order valence-corrected chi connectivity index (χ4v) is 1.33. The molecule has 2 rings (SSSR count). The van der Waals surface area contributed by atoms with Gasteiger partial charge in [-0.2, -0.15) is 5.26 Å². The third kappa shape index (κ3) is 4.00. The van der Waals surface area contributed by atoms with Gasteiger partial charge in [0.15, 0.2) is 0 Å². The zero-order valence-electron chi connectivity index (χ0n) is 10.1. The molecule has 0 atom stereocenters. The molecule has 2 nitrogen and oxygen atoms in total. The normalized spacial score (nSPS) is 8.76. The van der Waals surface area contributed by atoms with Crippen molar-refractivity contribution in [2.24, 2.45) is 0 Å². The molecule has 0 aliphatic carbocycles. The molecule has 0 aliphatic rings. The number of hydrogen-bond acceptors (Lipinski definition) is 2. The van der Waals surface area contributed by atoms with E-state index in [4.69, 9.17) is 11.0 Å². The summed E-state index contributed by atoms with van der Waals surface area (Å²) >= 11 is 0. The number of anilines is 1. The van der Waals surface area contributed by atoms with Gasteiger partial charge in [-0.05, 0) is 43.2 Å². The SMILES string of the molecule is Cc1cccc(C#N)c1C.Nc1ccccc1. The molecule has 0 unspecified atom stereocenters. The van der Waals surface area contributed by atoms with Crippen LogP contribution in [0.25, 0.3) is 0 Å². The molecular weight excluding hydrogens is 208 g/mol. The molecule has 0 amide bonds. The van der Waals surface area contributed by atoms with Crippen molar-refractivity contribution in [3.63, 3.8) is 0 Å². The largest absolute Gasteiger partial charge is 0.399 e. The van der Waals surface area contributed by atoms with Crippen LogP contribution in [0.1, 0.15) is 16.7 Å². The number of hydrogen-bond donors (Lipinski definition) is 1. The van der Waals surface area contributed by atoms with E-state index in [9.17, 15) is 0 Å². The quantitative estimate of drug-likeness (QED) is 0.697. The summed E-state index contributed by atoms with van der Waals surface area (Å²) in [5.41, 5.74) is 9.22. The molecule has 0 aliphatic heterocycles. The predicted octanol–water partition coefficient (Wildman–Crippen LogP) is 3.44. The van der Waals surface area contributed by atoms with E-state index in [1.165, 1.54) is 5.56 Å². The molecule has 0 bridgehead atoms. The van der Waals surface area contributed by atoms with Gasteiger partial charge in [0.05, 0.1) is 11.6 Å². The number of rotatable bonds is 0. The van der Waals surface area contributed by atoms with Gasteiger partial charge in [-0.25, -0.2) is 0 Å². The van der Waals surface area contributed by atoms with Crippen LogP contribution >= 0.6 is 0 Å². The number of aryl methyl sites for hydroxylation is 1. The van der Waals surface area contributed by atoms with E-state index >= 15 is 0 Å². The maximum Gasteiger partial charge on any atom is 0.0994 e. The average Bonchev–Trinajstić information content (AvgIpc) is 2.34. The van der Waals surface area contributed by atoms with Gasteiger partial charge < -0.3 is 5.73 Å². The molecule has 2 heteroatoms. The second-order valence-corrected chi connectivity index (χ2v) is 3.77. The van der Waals surface area contributed by atoms with E-state index in [2.05, 4.69) is 6.07 Å². The molecule has 0 saturated carbocycles. The van der Waals surface area contributed by atoms with Crippen LogP contribution in [0.15, 0.2) is 48.5 Å². The smallest absolute Gasteiger partial charge is 0.0994 e. The van der Waals surface area contributed by atoms with Crippen LogP contribution in [0.2, 0.25) is 0 Å². The number of benzene rings is 2. The van der Waals surface area contributed by atoms with Crippen molar-refractivity contribution in [3.8, 4) is 6.07 Å². The van der Waals surface area contributed by atoms with Crippen LogP contribution in [0.5, 0.6) is 0 Å². The topological polar surface area (TPSA) is 49.8 Å². The summed E-state index contributed by atoms with van der Waals surface area (Å²) < 4.78 is 0. The summed E-state index contributed by atoms with van der Waals surface area (Å²) in [5, 5.41) is 8.59. The van der Waals surface area contributed by atoms with Gasteiger partial charge in [0.1, 0.15) is 0 Å². The lowest BCUT2D eigenvalue weighted by molar-refractivity contribution is 1.31. The Kier molecular flexibility index (Phi) is 4.77. The summed E-state index contributed by atoms with van der Waals surface area (Å²) in [5.74, 6) is 0. The summed E-state index contributed by atoms with van der Waals surface area (Å²) in [6, 6.07) is 17.4. The molecule has 0 saturated heterocycles. The Morgan fingerprint density at radius 1 is 0.941 bits per heavy atom. The third-order valence-electron chi connectivity index (χ3n) is 2.52. The molecule has 0 spiro atoms. The fraction of sp³-hybridized carbons (Fsp3) is 0.133. The van der Waals surface area contributed by atoms with Gasteiger partial charge in [0, 0.05) is 5.69 Å². The molecule has 2 aromatic carbocycles. The Balaban J connectivity index is 0.000000181. The highest BCUT2D eigenvalue weighted by molar-refractivity contribution is 5.41. The van der Waals surface area contributed by atoms with E-state index < -0.39 is 0 Å². The molecule has 17 heavy (non-hydrogen) atoms. The van der Waals surface area contributed by atoms with Crippen molar-refractivity contribution in [1.29, 1.82) is 5.26 Å². The number of nitrogen functional groups attached to an aromatic ring is 1. The Hall–Kier alpha value is -2.27. The molecule has 2 aromatic rings. The van der Waals surface area contributed by atoms with Crippen LogP contribution in [0.3, 0.4) is 0 Å². The van der Waals surface area contributed by atoms with Crippen molar-refractivity contribution in [2.75, 3.05) is 5.73 Å². The number of nitrogens with two attached hydrogens (primary N) is 1. The summed E-state index contributed by atoms with van der Waals surface area (Å²) in [6.07, 6.45) is 0. The van der Waals surface area contributed by atoms with E-state index in [0.717, 1.165) is 16.8 Å². The monoisotopic (exact) mass is 224 g/mol. The highest BCUT2D eigenvalue weighted by Crippen LogP contribution is 2.10. The second kappa shape index (κ2) is 6.34. The third-order valence-corrected chi connectivity index (χ3v) is 2.52. The maximum absolute atomic E-state index is 8.59. The van der Waals surface area contributed by atoms with Gasteiger partial charge in [0.2, 0.25) is 0 Å². The Bertz CT molecular complexity index is 510. The highest BCUT2D eigenvalue weighted by atomic mass is 14.5.